The summed E-state index contributed by atoms with van der Waals surface area (Å²) in [5, 5.41) is 3.61. The fraction of sp³-hybridized carbons (Fsp3) is 0.467. The fourth-order valence-corrected chi connectivity index (χ4v) is 5.11. The SMILES string of the molecule is Cl.O=c1[nH]c(=O)c2cc(S(=O)(=O)N3CCC4CCC(C3)N4)ccc2[nH]1. The van der Waals surface area contributed by atoms with Gasteiger partial charge in [0.25, 0.3) is 5.56 Å². The van der Waals surface area contributed by atoms with Crippen molar-refractivity contribution in [1.82, 2.24) is 19.6 Å². The van der Waals surface area contributed by atoms with Crippen LogP contribution in [-0.2, 0) is 10.0 Å². The van der Waals surface area contributed by atoms with E-state index in [4.69, 9.17) is 0 Å². The lowest BCUT2D eigenvalue weighted by Crippen LogP contribution is -2.39. The Labute approximate surface area is 150 Å². The zero-order valence-corrected chi connectivity index (χ0v) is 15.0. The minimum absolute atomic E-state index is 0. The molecule has 10 heteroatoms. The van der Waals surface area contributed by atoms with E-state index in [1.54, 1.807) is 0 Å². The first-order chi connectivity index (χ1) is 11.4. The maximum atomic E-state index is 13.0. The molecule has 8 nitrogen and oxygen atoms in total. The number of aromatic nitrogens is 2. The molecule has 3 N–H and O–H groups in total. The van der Waals surface area contributed by atoms with Gasteiger partial charge >= 0.3 is 5.69 Å². The van der Waals surface area contributed by atoms with Crippen molar-refractivity contribution >= 4 is 33.3 Å². The molecule has 0 aliphatic carbocycles. The standard InChI is InChI=1S/C15H18N4O4S.ClH/c20-14-12-7-11(3-4-13(12)17-15(21)18-14)24(22,23)19-6-5-9-1-2-10(8-19)16-9;/h3-4,7,9-10,16H,1-2,5-6,8H2,(H2,17,18,20,21);1H. The van der Waals surface area contributed by atoms with E-state index >= 15 is 0 Å². The van der Waals surface area contributed by atoms with Crippen LogP contribution in [0.15, 0.2) is 32.7 Å². The maximum absolute atomic E-state index is 13.0. The minimum Gasteiger partial charge on any atom is -0.310 e. The zero-order valence-electron chi connectivity index (χ0n) is 13.3. The number of benzene rings is 1. The molecule has 2 unspecified atom stereocenters. The molecule has 2 aliphatic rings. The third kappa shape index (κ3) is 3.24. The van der Waals surface area contributed by atoms with Gasteiger partial charge in [-0.1, -0.05) is 0 Å². The Morgan fingerprint density at radius 3 is 2.60 bits per heavy atom. The number of nitrogens with one attached hydrogen (secondary N) is 3. The summed E-state index contributed by atoms with van der Waals surface area (Å²) in [6, 6.07) is 4.80. The van der Waals surface area contributed by atoms with Gasteiger partial charge in [-0.05, 0) is 37.5 Å². The Bertz CT molecular complexity index is 1020. The number of hydrogen-bond donors (Lipinski definition) is 3. The molecule has 2 saturated heterocycles. The number of nitrogens with zero attached hydrogens (tertiary/aromatic N) is 1. The molecule has 4 rings (SSSR count). The van der Waals surface area contributed by atoms with Gasteiger partial charge in [0, 0.05) is 25.2 Å². The highest BCUT2D eigenvalue weighted by Gasteiger charge is 2.35. The molecule has 2 atom stereocenters. The third-order valence-corrected chi connectivity index (χ3v) is 6.70. The Morgan fingerprint density at radius 1 is 1.04 bits per heavy atom. The molecule has 0 saturated carbocycles. The number of rotatable bonds is 2. The van der Waals surface area contributed by atoms with Gasteiger partial charge in [0.1, 0.15) is 0 Å². The van der Waals surface area contributed by atoms with Crippen LogP contribution in [-0.4, -0.2) is 47.9 Å². The van der Waals surface area contributed by atoms with Crippen LogP contribution in [0.2, 0.25) is 0 Å². The van der Waals surface area contributed by atoms with Crippen LogP contribution in [0.25, 0.3) is 10.9 Å². The highest BCUT2D eigenvalue weighted by molar-refractivity contribution is 7.89. The second-order valence-electron chi connectivity index (χ2n) is 6.41. The first kappa shape index (κ1) is 18.1. The Kier molecular flexibility index (Phi) is 4.76. The monoisotopic (exact) mass is 386 g/mol. The van der Waals surface area contributed by atoms with Crippen LogP contribution in [0.1, 0.15) is 19.3 Å². The van der Waals surface area contributed by atoms with E-state index in [2.05, 4.69) is 15.3 Å². The predicted molar refractivity (Wildman–Crippen MR) is 95.8 cm³/mol. The van der Waals surface area contributed by atoms with Crippen molar-refractivity contribution in [2.75, 3.05) is 13.1 Å². The van der Waals surface area contributed by atoms with Gasteiger partial charge in [-0.2, -0.15) is 4.31 Å². The van der Waals surface area contributed by atoms with E-state index in [1.807, 2.05) is 0 Å². The lowest BCUT2D eigenvalue weighted by atomic mass is 10.1. The maximum Gasteiger partial charge on any atom is 0.326 e. The number of halogens is 1. The topological polar surface area (TPSA) is 115 Å². The molecule has 0 radical (unpaired) electrons. The predicted octanol–water partition coefficient (Wildman–Crippen LogP) is 0.153. The Balaban J connectivity index is 0.00000182. The second-order valence-corrected chi connectivity index (χ2v) is 8.34. The van der Waals surface area contributed by atoms with E-state index in [9.17, 15) is 18.0 Å². The van der Waals surface area contributed by atoms with Crippen molar-refractivity contribution in [3.8, 4) is 0 Å². The summed E-state index contributed by atoms with van der Waals surface area (Å²) in [6.07, 6.45) is 2.86. The van der Waals surface area contributed by atoms with Crippen LogP contribution >= 0.6 is 12.4 Å². The lowest BCUT2D eigenvalue weighted by Gasteiger charge is -2.23. The molecule has 1 aromatic heterocycles. The number of hydrogen-bond acceptors (Lipinski definition) is 5. The lowest BCUT2D eigenvalue weighted by molar-refractivity contribution is 0.383. The summed E-state index contributed by atoms with van der Waals surface area (Å²) in [5.74, 6) is 0. The molecule has 0 amide bonds. The molecule has 136 valence electrons. The van der Waals surface area contributed by atoms with E-state index in [0.717, 1.165) is 19.3 Å². The molecule has 2 fully saturated rings. The summed E-state index contributed by atoms with van der Waals surface area (Å²) in [4.78, 5) is 27.9. The second kappa shape index (κ2) is 6.56. The minimum atomic E-state index is -3.68. The van der Waals surface area contributed by atoms with Crippen LogP contribution < -0.4 is 16.6 Å². The largest absolute Gasteiger partial charge is 0.326 e. The van der Waals surface area contributed by atoms with E-state index in [0.29, 0.717) is 24.6 Å². The van der Waals surface area contributed by atoms with Crippen molar-refractivity contribution in [3.63, 3.8) is 0 Å². The molecular formula is C15H19ClN4O4S. The van der Waals surface area contributed by atoms with Crippen LogP contribution in [0.3, 0.4) is 0 Å². The molecule has 2 aliphatic heterocycles. The van der Waals surface area contributed by atoms with E-state index in [1.165, 1.54) is 22.5 Å². The van der Waals surface area contributed by atoms with Gasteiger partial charge in [-0.15, -0.1) is 12.4 Å². The zero-order chi connectivity index (χ0) is 16.9. The van der Waals surface area contributed by atoms with Gasteiger partial charge in [0.15, 0.2) is 0 Å². The number of fused-ring (bicyclic) bond motifs is 3. The third-order valence-electron chi connectivity index (χ3n) is 4.83. The molecule has 25 heavy (non-hydrogen) atoms. The summed E-state index contributed by atoms with van der Waals surface area (Å²) < 4.78 is 27.4. The average molecular weight is 387 g/mol. The quantitative estimate of drug-likeness (QED) is 0.679. The van der Waals surface area contributed by atoms with E-state index in [-0.39, 0.29) is 28.7 Å². The van der Waals surface area contributed by atoms with Crippen molar-refractivity contribution < 1.29 is 8.42 Å². The van der Waals surface area contributed by atoms with Crippen molar-refractivity contribution in [2.24, 2.45) is 0 Å². The number of aromatic amines is 2. The molecule has 1 aromatic carbocycles. The smallest absolute Gasteiger partial charge is 0.310 e. The van der Waals surface area contributed by atoms with Gasteiger partial charge in [-0.25, -0.2) is 13.2 Å². The van der Waals surface area contributed by atoms with Gasteiger partial charge in [0.05, 0.1) is 15.8 Å². The van der Waals surface area contributed by atoms with Crippen molar-refractivity contribution in [1.29, 1.82) is 0 Å². The summed E-state index contributed by atoms with van der Waals surface area (Å²) in [5.41, 5.74) is -0.889. The van der Waals surface area contributed by atoms with Crippen molar-refractivity contribution in [3.05, 3.63) is 39.0 Å². The Hall–Kier alpha value is -1.68. The summed E-state index contributed by atoms with van der Waals surface area (Å²) >= 11 is 0. The molecular weight excluding hydrogens is 368 g/mol. The number of sulfonamides is 1. The first-order valence-corrected chi connectivity index (χ1v) is 9.40. The summed E-state index contributed by atoms with van der Waals surface area (Å²) in [6.45, 7) is 0.912. The van der Waals surface area contributed by atoms with Gasteiger partial charge in [0.2, 0.25) is 10.0 Å². The van der Waals surface area contributed by atoms with Crippen LogP contribution in [0.5, 0.6) is 0 Å². The van der Waals surface area contributed by atoms with Gasteiger partial charge in [-0.3, -0.25) is 9.78 Å². The van der Waals surface area contributed by atoms with Gasteiger partial charge < -0.3 is 10.3 Å². The molecule has 2 bridgehead atoms. The van der Waals surface area contributed by atoms with Crippen LogP contribution in [0.4, 0.5) is 0 Å². The molecule has 0 spiro atoms. The Morgan fingerprint density at radius 2 is 1.80 bits per heavy atom. The number of H-pyrrole nitrogens is 2. The highest BCUT2D eigenvalue weighted by atomic mass is 35.5. The molecule has 3 heterocycles. The van der Waals surface area contributed by atoms with Crippen molar-refractivity contribution in [2.45, 2.75) is 36.2 Å². The fourth-order valence-electron chi connectivity index (χ4n) is 3.58. The molecule has 2 aromatic rings. The average Bonchev–Trinajstić information content (AvgIpc) is 2.85. The summed E-state index contributed by atoms with van der Waals surface area (Å²) in [7, 11) is -3.68. The first-order valence-electron chi connectivity index (χ1n) is 7.96. The highest BCUT2D eigenvalue weighted by Crippen LogP contribution is 2.25. The van der Waals surface area contributed by atoms with E-state index < -0.39 is 21.3 Å². The van der Waals surface area contributed by atoms with Crippen LogP contribution in [0, 0.1) is 0 Å². The normalized spacial score (nSPS) is 24.0.